The zero-order valence-corrected chi connectivity index (χ0v) is 19.9. The lowest BCUT2D eigenvalue weighted by Crippen LogP contribution is -2.44. The van der Waals surface area contributed by atoms with E-state index < -0.39 is 7.25 Å². The number of fused-ring (bicyclic) bond motifs is 3. The number of aromatic nitrogens is 1. The van der Waals surface area contributed by atoms with Crippen LogP contribution in [0.4, 0.5) is 17.3 Å². The van der Waals surface area contributed by atoms with Gasteiger partial charge in [0.1, 0.15) is 0 Å². The van der Waals surface area contributed by atoms with Crippen molar-refractivity contribution >= 4 is 7.25 Å². The van der Waals surface area contributed by atoms with Crippen LogP contribution in [-0.4, -0.2) is 7.25 Å². The Morgan fingerprint density at radius 1 is 0.686 bits per heavy atom. The number of halogens is 4. The fourth-order valence-electron chi connectivity index (χ4n) is 4.79. The van der Waals surface area contributed by atoms with Gasteiger partial charge in [-0.3, -0.25) is 0 Å². The first-order valence-electron chi connectivity index (χ1n) is 12.0. The monoisotopic (exact) mass is 477 g/mol. The lowest BCUT2D eigenvalue weighted by molar-refractivity contribution is -0.699. The third-order valence-electron chi connectivity index (χ3n) is 6.46. The molecule has 35 heavy (non-hydrogen) atoms. The van der Waals surface area contributed by atoms with Gasteiger partial charge in [-0.05, 0) is 55.2 Å². The van der Waals surface area contributed by atoms with Gasteiger partial charge in [0.05, 0.1) is 5.56 Å². The SMILES string of the molecule is CCC(C)[n+]1c2c(cc(-c3ccccc3)c1-c1ccccc1)CCc1ccccc1-2.F[B-](F)(F)F. The summed E-state index contributed by atoms with van der Waals surface area (Å²) >= 11 is 0. The molecule has 0 fully saturated rings. The maximum atomic E-state index is 9.75. The minimum atomic E-state index is -6.00. The summed E-state index contributed by atoms with van der Waals surface area (Å²) in [5.41, 5.74) is 11.0. The predicted molar refractivity (Wildman–Crippen MR) is 136 cm³/mol. The fourth-order valence-corrected chi connectivity index (χ4v) is 4.79. The summed E-state index contributed by atoms with van der Waals surface area (Å²) in [4.78, 5) is 0. The minimum absolute atomic E-state index is 0.406. The van der Waals surface area contributed by atoms with Crippen LogP contribution in [0, 0.1) is 0 Å². The molecule has 1 atom stereocenters. The topological polar surface area (TPSA) is 3.88 Å². The first kappa shape index (κ1) is 24.7. The van der Waals surface area contributed by atoms with Crippen LogP contribution in [-0.2, 0) is 12.8 Å². The number of aryl methyl sites for hydroxylation is 2. The fraction of sp³-hybridized carbons (Fsp3) is 0.207. The van der Waals surface area contributed by atoms with E-state index in [0.717, 1.165) is 19.3 Å². The average molecular weight is 477 g/mol. The second-order valence-corrected chi connectivity index (χ2v) is 8.79. The molecule has 3 aromatic carbocycles. The normalized spacial score (nSPS) is 13.2. The van der Waals surface area contributed by atoms with Crippen LogP contribution in [0.25, 0.3) is 33.6 Å². The van der Waals surface area contributed by atoms with Gasteiger partial charge in [0.2, 0.25) is 11.4 Å². The number of hydrogen-bond acceptors (Lipinski definition) is 0. The number of nitrogens with zero attached hydrogens (tertiary/aromatic N) is 1. The molecule has 0 saturated carbocycles. The number of hydrogen-bond donors (Lipinski definition) is 0. The number of benzene rings is 3. The van der Waals surface area contributed by atoms with E-state index in [2.05, 4.69) is 109 Å². The van der Waals surface area contributed by atoms with Gasteiger partial charge in [0.25, 0.3) is 0 Å². The molecule has 1 heterocycles. The Bertz CT molecular complexity index is 1280. The quantitative estimate of drug-likeness (QED) is 0.158. The molecule has 1 aliphatic rings. The smallest absolute Gasteiger partial charge is 0.418 e. The van der Waals surface area contributed by atoms with Gasteiger partial charge < -0.3 is 17.3 Å². The van der Waals surface area contributed by atoms with Crippen molar-refractivity contribution in [2.75, 3.05) is 0 Å². The zero-order chi connectivity index (χ0) is 25.0. The second kappa shape index (κ2) is 10.5. The van der Waals surface area contributed by atoms with Crippen molar-refractivity contribution in [1.29, 1.82) is 0 Å². The van der Waals surface area contributed by atoms with Gasteiger partial charge in [0.15, 0.2) is 6.04 Å². The number of rotatable bonds is 4. The van der Waals surface area contributed by atoms with Crippen molar-refractivity contribution in [2.24, 2.45) is 0 Å². The Balaban J connectivity index is 0.000000527. The summed E-state index contributed by atoms with van der Waals surface area (Å²) in [6.07, 6.45) is 3.30. The largest absolute Gasteiger partial charge is 0.673 e. The van der Waals surface area contributed by atoms with Crippen LogP contribution in [0.3, 0.4) is 0 Å². The van der Waals surface area contributed by atoms with Crippen LogP contribution in [0.1, 0.15) is 37.4 Å². The molecule has 0 aliphatic heterocycles. The first-order chi connectivity index (χ1) is 16.8. The Morgan fingerprint density at radius 2 is 1.20 bits per heavy atom. The van der Waals surface area contributed by atoms with Crippen LogP contribution in [0.15, 0.2) is 91.0 Å². The molecule has 6 heteroatoms. The van der Waals surface area contributed by atoms with Crippen molar-refractivity contribution in [3.8, 4) is 33.6 Å². The Labute approximate surface area is 204 Å². The van der Waals surface area contributed by atoms with Crippen LogP contribution in [0.2, 0.25) is 0 Å². The number of pyridine rings is 1. The van der Waals surface area contributed by atoms with Gasteiger partial charge in [-0.2, -0.15) is 4.57 Å². The van der Waals surface area contributed by atoms with E-state index in [9.17, 15) is 17.3 Å². The molecule has 1 aliphatic carbocycles. The molecule has 0 spiro atoms. The summed E-state index contributed by atoms with van der Waals surface area (Å²) in [5, 5.41) is 0. The molecule has 0 N–H and O–H groups in total. The summed E-state index contributed by atoms with van der Waals surface area (Å²) in [6.45, 7) is 4.65. The highest BCUT2D eigenvalue weighted by molar-refractivity contribution is 6.50. The van der Waals surface area contributed by atoms with Crippen molar-refractivity contribution in [2.45, 2.75) is 39.2 Å². The summed E-state index contributed by atoms with van der Waals surface area (Å²) in [5.74, 6) is 0. The van der Waals surface area contributed by atoms with E-state index in [1.807, 2.05) is 0 Å². The van der Waals surface area contributed by atoms with Crippen LogP contribution < -0.4 is 4.57 Å². The maximum absolute atomic E-state index is 9.75. The standard InChI is InChI=1S/C29H28N.BF4/c1-3-21(2)30-28(24-15-8-5-9-16-24)27(22-12-6-4-7-13-22)20-25-19-18-23-14-10-11-17-26(23)29(25)30;2-1(3,4)5/h4-17,20-21H,3,18-19H2,1-2H3;/q+1;-1. The lowest BCUT2D eigenvalue weighted by Gasteiger charge is -2.24. The third kappa shape index (κ3) is 5.64. The molecule has 0 radical (unpaired) electrons. The van der Waals surface area contributed by atoms with E-state index in [0.29, 0.717) is 6.04 Å². The van der Waals surface area contributed by atoms with Gasteiger partial charge >= 0.3 is 7.25 Å². The zero-order valence-electron chi connectivity index (χ0n) is 19.9. The van der Waals surface area contributed by atoms with E-state index in [4.69, 9.17) is 0 Å². The summed E-state index contributed by atoms with van der Waals surface area (Å²) < 4.78 is 41.6. The van der Waals surface area contributed by atoms with Gasteiger partial charge in [-0.15, -0.1) is 0 Å². The van der Waals surface area contributed by atoms with E-state index in [1.54, 1.807) is 0 Å². The van der Waals surface area contributed by atoms with E-state index >= 15 is 0 Å². The molecular formula is C29H28BF4N. The molecule has 0 saturated heterocycles. The second-order valence-electron chi connectivity index (χ2n) is 8.79. The predicted octanol–water partition coefficient (Wildman–Crippen LogP) is 8.34. The Morgan fingerprint density at radius 3 is 1.80 bits per heavy atom. The molecule has 0 bridgehead atoms. The highest BCUT2D eigenvalue weighted by Crippen LogP contribution is 2.39. The maximum Gasteiger partial charge on any atom is 0.673 e. The third-order valence-corrected chi connectivity index (χ3v) is 6.46. The molecule has 0 amide bonds. The molecule has 5 rings (SSSR count). The average Bonchev–Trinajstić information content (AvgIpc) is 2.87. The van der Waals surface area contributed by atoms with E-state index in [-0.39, 0.29) is 0 Å². The molecule has 180 valence electrons. The van der Waals surface area contributed by atoms with Crippen molar-refractivity contribution in [3.63, 3.8) is 0 Å². The van der Waals surface area contributed by atoms with Crippen molar-refractivity contribution < 1.29 is 21.8 Å². The van der Waals surface area contributed by atoms with Crippen LogP contribution >= 0.6 is 0 Å². The van der Waals surface area contributed by atoms with E-state index in [1.165, 1.54) is 44.8 Å². The summed E-state index contributed by atoms with van der Waals surface area (Å²) in [6, 6.07) is 33.6. The Hall–Kier alpha value is -3.41. The van der Waals surface area contributed by atoms with Gasteiger partial charge in [0, 0.05) is 23.1 Å². The van der Waals surface area contributed by atoms with Gasteiger partial charge in [-0.25, -0.2) is 0 Å². The molecule has 1 aromatic heterocycles. The first-order valence-corrected chi connectivity index (χ1v) is 12.0. The van der Waals surface area contributed by atoms with Gasteiger partial charge in [-0.1, -0.05) is 73.7 Å². The summed E-state index contributed by atoms with van der Waals surface area (Å²) in [7, 11) is -6.00. The minimum Gasteiger partial charge on any atom is -0.418 e. The molecule has 4 aromatic rings. The molecule has 1 unspecified atom stereocenters. The molecule has 1 nitrogen and oxygen atoms in total. The molecular weight excluding hydrogens is 449 g/mol. The van der Waals surface area contributed by atoms with Crippen molar-refractivity contribution in [1.82, 2.24) is 0 Å². The highest BCUT2D eigenvalue weighted by atomic mass is 19.5. The lowest BCUT2D eigenvalue weighted by atomic mass is 9.85. The Kier molecular flexibility index (Phi) is 7.39. The van der Waals surface area contributed by atoms with Crippen molar-refractivity contribution in [3.05, 3.63) is 102 Å². The van der Waals surface area contributed by atoms with Crippen LogP contribution in [0.5, 0.6) is 0 Å². The highest BCUT2D eigenvalue weighted by Gasteiger charge is 2.34.